The first-order chi connectivity index (χ1) is 7.20. The predicted octanol–water partition coefficient (Wildman–Crippen LogP) is 1.63. The summed E-state index contributed by atoms with van der Waals surface area (Å²) in [5, 5.41) is 0. The molecule has 0 heterocycles. The maximum atomic E-state index is 6.13. The first-order valence-corrected chi connectivity index (χ1v) is 6.29. The van der Waals surface area contributed by atoms with Crippen molar-refractivity contribution in [2.45, 2.75) is 39.7 Å². The summed E-state index contributed by atoms with van der Waals surface area (Å²) in [6.07, 6.45) is 2.20. The molecule has 0 saturated heterocycles. The van der Waals surface area contributed by atoms with Gasteiger partial charge in [-0.2, -0.15) is 0 Å². The zero-order valence-corrected chi connectivity index (χ0v) is 12.1. The van der Waals surface area contributed by atoms with Gasteiger partial charge in [-0.1, -0.05) is 20.8 Å². The van der Waals surface area contributed by atoms with Gasteiger partial charge in [-0.25, -0.2) is 0 Å². The summed E-state index contributed by atoms with van der Waals surface area (Å²) in [6, 6.07) is 0.335. The molecular formula is C13H31N3. The van der Waals surface area contributed by atoms with Gasteiger partial charge in [0.1, 0.15) is 0 Å². The van der Waals surface area contributed by atoms with E-state index in [1.165, 1.54) is 0 Å². The van der Waals surface area contributed by atoms with Crippen molar-refractivity contribution in [1.82, 2.24) is 9.80 Å². The molecule has 0 aromatic carbocycles. The second-order valence-corrected chi connectivity index (χ2v) is 6.42. The van der Waals surface area contributed by atoms with Gasteiger partial charge < -0.3 is 15.5 Å². The van der Waals surface area contributed by atoms with Crippen LogP contribution in [0.25, 0.3) is 0 Å². The highest BCUT2D eigenvalue weighted by atomic mass is 15.1. The molecule has 0 rings (SSSR count). The summed E-state index contributed by atoms with van der Waals surface area (Å²) >= 11 is 0. The van der Waals surface area contributed by atoms with Gasteiger partial charge in [0, 0.05) is 19.1 Å². The van der Waals surface area contributed by atoms with Crippen LogP contribution in [0.3, 0.4) is 0 Å². The molecule has 2 N–H and O–H groups in total. The van der Waals surface area contributed by atoms with Gasteiger partial charge in [0.2, 0.25) is 0 Å². The molecule has 0 aromatic heterocycles. The van der Waals surface area contributed by atoms with Crippen LogP contribution in [0.5, 0.6) is 0 Å². The summed E-state index contributed by atoms with van der Waals surface area (Å²) < 4.78 is 0. The second kappa shape index (κ2) is 7.25. The lowest BCUT2D eigenvalue weighted by atomic mass is 9.87. The van der Waals surface area contributed by atoms with Crippen LogP contribution in [0.15, 0.2) is 0 Å². The van der Waals surface area contributed by atoms with Crippen LogP contribution in [0.4, 0.5) is 0 Å². The molecule has 0 aliphatic heterocycles. The third-order valence-electron chi connectivity index (χ3n) is 2.69. The first kappa shape index (κ1) is 15.9. The van der Waals surface area contributed by atoms with Crippen molar-refractivity contribution in [3.8, 4) is 0 Å². The molecule has 0 saturated carbocycles. The molecular weight excluding hydrogens is 198 g/mol. The Morgan fingerprint density at radius 3 is 2.00 bits per heavy atom. The fourth-order valence-electron chi connectivity index (χ4n) is 1.76. The van der Waals surface area contributed by atoms with E-state index in [0.29, 0.717) is 11.5 Å². The Balaban J connectivity index is 3.63. The molecule has 0 spiro atoms. The van der Waals surface area contributed by atoms with E-state index in [1.807, 2.05) is 0 Å². The molecule has 0 aliphatic carbocycles. The minimum atomic E-state index is 0.335. The number of nitrogens with zero attached hydrogens (tertiary/aromatic N) is 2. The molecule has 0 amide bonds. The highest BCUT2D eigenvalue weighted by molar-refractivity contribution is 4.72. The van der Waals surface area contributed by atoms with E-state index >= 15 is 0 Å². The summed E-state index contributed by atoms with van der Waals surface area (Å²) in [5.74, 6) is 0. The van der Waals surface area contributed by atoms with Crippen molar-refractivity contribution in [3.05, 3.63) is 0 Å². The van der Waals surface area contributed by atoms with Crippen LogP contribution in [-0.4, -0.2) is 56.6 Å². The van der Waals surface area contributed by atoms with Crippen molar-refractivity contribution in [1.29, 1.82) is 0 Å². The molecule has 1 atom stereocenters. The smallest absolute Gasteiger partial charge is 0.0106 e. The van der Waals surface area contributed by atoms with Crippen molar-refractivity contribution in [3.63, 3.8) is 0 Å². The van der Waals surface area contributed by atoms with Gasteiger partial charge in [-0.05, 0) is 45.9 Å². The van der Waals surface area contributed by atoms with Gasteiger partial charge in [0.05, 0.1) is 0 Å². The third kappa shape index (κ3) is 10.4. The quantitative estimate of drug-likeness (QED) is 0.720. The molecule has 98 valence electrons. The van der Waals surface area contributed by atoms with E-state index in [0.717, 1.165) is 32.5 Å². The fraction of sp³-hybridized carbons (Fsp3) is 1.00. The number of hydrogen-bond acceptors (Lipinski definition) is 3. The summed E-state index contributed by atoms with van der Waals surface area (Å²) in [4.78, 5) is 4.58. The zero-order chi connectivity index (χ0) is 12.8. The largest absolute Gasteiger partial charge is 0.328 e. The molecule has 0 aliphatic rings. The minimum absolute atomic E-state index is 0.335. The number of rotatable bonds is 7. The van der Waals surface area contributed by atoms with Crippen LogP contribution in [-0.2, 0) is 0 Å². The van der Waals surface area contributed by atoms with E-state index < -0.39 is 0 Å². The van der Waals surface area contributed by atoms with E-state index in [1.54, 1.807) is 0 Å². The molecule has 0 radical (unpaired) electrons. The second-order valence-electron chi connectivity index (χ2n) is 6.42. The van der Waals surface area contributed by atoms with Crippen molar-refractivity contribution in [2.75, 3.05) is 40.8 Å². The lowest BCUT2D eigenvalue weighted by molar-refractivity contribution is 0.258. The van der Waals surface area contributed by atoms with Gasteiger partial charge in [0.15, 0.2) is 0 Å². The molecule has 0 aromatic rings. The first-order valence-electron chi connectivity index (χ1n) is 6.29. The van der Waals surface area contributed by atoms with Crippen molar-refractivity contribution < 1.29 is 0 Å². The standard InChI is InChI=1S/C13H31N3/c1-13(2,3)11-12(14)7-8-16(6)10-9-15(4)5/h12H,7-11,14H2,1-6H3. The van der Waals surface area contributed by atoms with Crippen molar-refractivity contribution in [2.24, 2.45) is 11.1 Å². The molecule has 0 fully saturated rings. The van der Waals surface area contributed by atoms with Gasteiger partial charge >= 0.3 is 0 Å². The lowest BCUT2D eigenvalue weighted by Gasteiger charge is -2.25. The van der Waals surface area contributed by atoms with Crippen LogP contribution in [0.2, 0.25) is 0 Å². The molecule has 1 unspecified atom stereocenters. The van der Waals surface area contributed by atoms with Gasteiger partial charge in [0.25, 0.3) is 0 Å². The minimum Gasteiger partial charge on any atom is -0.328 e. The molecule has 0 bridgehead atoms. The van der Waals surface area contributed by atoms with Gasteiger partial charge in [-0.3, -0.25) is 0 Å². The fourth-order valence-corrected chi connectivity index (χ4v) is 1.76. The third-order valence-corrected chi connectivity index (χ3v) is 2.69. The normalized spacial score (nSPS) is 14.8. The lowest BCUT2D eigenvalue weighted by Crippen LogP contribution is -2.34. The van der Waals surface area contributed by atoms with Crippen molar-refractivity contribution >= 4 is 0 Å². The Morgan fingerprint density at radius 2 is 1.56 bits per heavy atom. The molecule has 16 heavy (non-hydrogen) atoms. The highest BCUT2D eigenvalue weighted by Gasteiger charge is 2.15. The summed E-state index contributed by atoms with van der Waals surface area (Å²) in [7, 11) is 6.39. The number of nitrogens with two attached hydrogens (primary N) is 1. The number of likely N-dealkylation sites (N-methyl/N-ethyl adjacent to an activating group) is 2. The van der Waals surface area contributed by atoms with E-state index in [4.69, 9.17) is 5.73 Å². The van der Waals surface area contributed by atoms with Crippen LogP contribution in [0, 0.1) is 5.41 Å². The Kier molecular flexibility index (Phi) is 7.20. The SMILES string of the molecule is CN(C)CCN(C)CCC(N)CC(C)(C)C. The van der Waals surface area contributed by atoms with E-state index in [-0.39, 0.29) is 0 Å². The Hall–Kier alpha value is -0.120. The summed E-state index contributed by atoms with van der Waals surface area (Å²) in [5.41, 5.74) is 6.48. The summed E-state index contributed by atoms with van der Waals surface area (Å²) in [6.45, 7) is 10.1. The van der Waals surface area contributed by atoms with E-state index in [2.05, 4.69) is 51.7 Å². The topological polar surface area (TPSA) is 32.5 Å². The predicted molar refractivity (Wildman–Crippen MR) is 72.7 cm³/mol. The Labute approximate surface area is 102 Å². The monoisotopic (exact) mass is 229 g/mol. The molecule has 3 heteroatoms. The Bertz CT molecular complexity index is 173. The number of hydrogen-bond donors (Lipinski definition) is 1. The molecule has 3 nitrogen and oxygen atoms in total. The highest BCUT2D eigenvalue weighted by Crippen LogP contribution is 2.20. The van der Waals surface area contributed by atoms with Crippen LogP contribution in [0.1, 0.15) is 33.6 Å². The van der Waals surface area contributed by atoms with E-state index in [9.17, 15) is 0 Å². The zero-order valence-electron chi connectivity index (χ0n) is 12.1. The van der Waals surface area contributed by atoms with Crippen LogP contribution < -0.4 is 5.73 Å². The average Bonchev–Trinajstić information content (AvgIpc) is 2.08. The Morgan fingerprint density at radius 1 is 1.00 bits per heavy atom. The van der Waals surface area contributed by atoms with Crippen LogP contribution >= 0.6 is 0 Å². The van der Waals surface area contributed by atoms with Gasteiger partial charge in [-0.15, -0.1) is 0 Å². The average molecular weight is 229 g/mol. The maximum absolute atomic E-state index is 6.13. The maximum Gasteiger partial charge on any atom is 0.0106 e.